The quantitative estimate of drug-likeness (QED) is 0.411. The maximum atomic E-state index is 13.5. The number of fused-ring (bicyclic) bond motifs is 1. The maximum Gasteiger partial charge on any atom is 0.242 e. The first-order valence-electron chi connectivity index (χ1n) is 11.5. The molecular formula is C24H28ClF2N5O2S. The van der Waals surface area contributed by atoms with Gasteiger partial charge < -0.3 is 10.2 Å². The van der Waals surface area contributed by atoms with Gasteiger partial charge in [0.1, 0.15) is 10.7 Å². The molecule has 0 unspecified atom stereocenters. The smallest absolute Gasteiger partial charge is 0.242 e. The third kappa shape index (κ3) is 5.99. The maximum absolute atomic E-state index is 13.5. The first-order valence-corrected chi connectivity index (χ1v) is 13.3. The lowest BCUT2D eigenvalue weighted by Crippen LogP contribution is -2.32. The highest BCUT2D eigenvalue weighted by atomic mass is 35.5. The van der Waals surface area contributed by atoms with Crippen LogP contribution in [0, 0.1) is 23.5 Å². The highest BCUT2D eigenvalue weighted by Gasteiger charge is 2.25. The highest BCUT2D eigenvalue weighted by molar-refractivity contribution is 7.89. The lowest BCUT2D eigenvalue weighted by Gasteiger charge is -2.29. The summed E-state index contributed by atoms with van der Waals surface area (Å²) in [6.45, 7) is 0.950. The van der Waals surface area contributed by atoms with Crippen molar-refractivity contribution < 1.29 is 17.2 Å². The Kier molecular flexibility index (Phi) is 7.73. The number of sulfonamides is 1. The lowest BCUT2D eigenvalue weighted by molar-refractivity contribution is 0.284. The number of anilines is 2. The largest absolute Gasteiger partial charge is 0.362 e. The van der Waals surface area contributed by atoms with Crippen LogP contribution in [0.25, 0.3) is 10.9 Å². The van der Waals surface area contributed by atoms with Crippen LogP contribution >= 0.6 is 11.6 Å². The first-order chi connectivity index (χ1) is 16.6. The van der Waals surface area contributed by atoms with E-state index < -0.39 is 26.6 Å². The number of para-hydroxylation sites is 1. The van der Waals surface area contributed by atoms with Crippen LogP contribution in [0.2, 0.25) is 5.02 Å². The molecule has 0 atom stereocenters. The third-order valence-corrected chi connectivity index (χ3v) is 8.24. The van der Waals surface area contributed by atoms with Gasteiger partial charge in [-0.05, 0) is 61.8 Å². The Balaban J connectivity index is 1.30. The van der Waals surface area contributed by atoms with Crippen molar-refractivity contribution in [3.05, 3.63) is 53.1 Å². The normalized spacial score (nSPS) is 18.5. The predicted octanol–water partition coefficient (Wildman–Crippen LogP) is 4.82. The van der Waals surface area contributed by atoms with E-state index in [1.54, 1.807) is 0 Å². The van der Waals surface area contributed by atoms with E-state index in [2.05, 4.69) is 20.0 Å². The summed E-state index contributed by atoms with van der Waals surface area (Å²) in [6, 6.07) is 9.18. The summed E-state index contributed by atoms with van der Waals surface area (Å²) in [5, 5.41) is 4.02. The molecule has 188 valence electrons. The van der Waals surface area contributed by atoms with Gasteiger partial charge in [0.05, 0.1) is 10.5 Å². The summed E-state index contributed by atoms with van der Waals surface area (Å²) in [7, 11) is -0.134. The van der Waals surface area contributed by atoms with Crippen LogP contribution < -0.4 is 14.9 Å². The van der Waals surface area contributed by atoms with Gasteiger partial charge in [0.25, 0.3) is 0 Å². The van der Waals surface area contributed by atoms with Gasteiger partial charge in [-0.1, -0.05) is 23.7 Å². The Morgan fingerprint density at radius 2 is 1.63 bits per heavy atom. The monoisotopic (exact) mass is 523 g/mol. The van der Waals surface area contributed by atoms with E-state index in [9.17, 15) is 17.2 Å². The molecule has 4 rings (SSSR count). The van der Waals surface area contributed by atoms with Gasteiger partial charge in [-0.15, -0.1) is 0 Å². The predicted molar refractivity (Wildman–Crippen MR) is 134 cm³/mol. The van der Waals surface area contributed by atoms with Crippen LogP contribution in [0.4, 0.5) is 20.5 Å². The number of rotatable bonds is 8. The second-order valence-corrected chi connectivity index (χ2v) is 11.2. The number of benzene rings is 2. The number of nitrogens with one attached hydrogen (secondary N) is 2. The van der Waals surface area contributed by atoms with Crippen molar-refractivity contribution in [2.24, 2.45) is 11.8 Å². The summed E-state index contributed by atoms with van der Waals surface area (Å²) in [6.07, 6.45) is 3.56. The molecule has 1 fully saturated rings. The van der Waals surface area contributed by atoms with Crippen molar-refractivity contribution in [2.75, 3.05) is 37.4 Å². The van der Waals surface area contributed by atoms with E-state index in [0.717, 1.165) is 48.9 Å². The molecule has 7 nitrogen and oxygen atoms in total. The molecule has 0 saturated heterocycles. The van der Waals surface area contributed by atoms with Crippen molar-refractivity contribution in [1.82, 2.24) is 14.7 Å². The van der Waals surface area contributed by atoms with Gasteiger partial charge >= 0.3 is 0 Å². The van der Waals surface area contributed by atoms with E-state index in [-0.39, 0.29) is 17.5 Å². The van der Waals surface area contributed by atoms with Crippen molar-refractivity contribution in [3.8, 4) is 0 Å². The van der Waals surface area contributed by atoms with E-state index in [0.29, 0.717) is 24.0 Å². The van der Waals surface area contributed by atoms with E-state index >= 15 is 0 Å². The zero-order valence-corrected chi connectivity index (χ0v) is 21.1. The van der Waals surface area contributed by atoms with E-state index in [1.807, 2.05) is 43.3 Å². The molecule has 1 heterocycles. The fourth-order valence-electron chi connectivity index (χ4n) is 4.37. The topological polar surface area (TPSA) is 87.2 Å². The molecule has 3 aromatic rings. The molecule has 0 aliphatic heterocycles. The summed E-state index contributed by atoms with van der Waals surface area (Å²) < 4.78 is 54.4. The van der Waals surface area contributed by atoms with Gasteiger partial charge in [0.2, 0.25) is 16.0 Å². The van der Waals surface area contributed by atoms with Crippen LogP contribution in [0.3, 0.4) is 0 Å². The van der Waals surface area contributed by atoms with Crippen LogP contribution in [0.15, 0.2) is 41.3 Å². The second-order valence-electron chi connectivity index (χ2n) is 9.10. The lowest BCUT2D eigenvalue weighted by atomic mass is 9.82. The third-order valence-electron chi connectivity index (χ3n) is 6.35. The molecule has 1 aliphatic rings. The molecule has 1 aromatic heterocycles. The average Bonchev–Trinajstić information content (AvgIpc) is 2.83. The summed E-state index contributed by atoms with van der Waals surface area (Å²) >= 11 is 5.83. The Hall–Kier alpha value is -2.56. The molecule has 0 bridgehead atoms. The zero-order chi connectivity index (χ0) is 25.2. The molecule has 35 heavy (non-hydrogen) atoms. The Labute approximate surface area is 209 Å². The molecular weight excluding hydrogens is 496 g/mol. The van der Waals surface area contributed by atoms with E-state index in [1.165, 1.54) is 0 Å². The minimum absolute atomic E-state index is 0.155. The van der Waals surface area contributed by atoms with Gasteiger partial charge in [-0.2, -0.15) is 4.98 Å². The molecule has 1 aliphatic carbocycles. The van der Waals surface area contributed by atoms with Gasteiger partial charge in [-0.3, -0.25) is 0 Å². The van der Waals surface area contributed by atoms with Crippen molar-refractivity contribution in [2.45, 2.75) is 30.6 Å². The molecule has 2 aromatic carbocycles. The molecule has 0 amide bonds. The molecule has 1 saturated carbocycles. The van der Waals surface area contributed by atoms with E-state index in [4.69, 9.17) is 11.6 Å². The zero-order valence-electron chi connectivity index (χ0n) is 19.6. The fourth-order valence-corrected chi connectivity index (χ4v) is 6.01. The van der Waals surface area contributed by atoms with Crippen molar-refractivity contribution in [1.29, 1.82) is 0 Å². The minimum atomic E-state index is -4.04. The van der Waals surface area contributed by atoms with Gasteiger partial charge in [0, 0.05) is 32.6 Å². The average molecular weight is 524 g/mol. The number of hydrogen-bond acceptors (Lipinski definition) is 6. The van der Waals surface area contributed by atoms with Gasteiger partial charge in [0.15, 0.2) is 11.6 Å². The number of aromatic nitrogens is 2. The molecule has 11 heteroatoms. The first kappa shape index (κ1) is 25.5. The Morgan fingerprint density at radius 3 is 2.31 bits per heavy atom. The number of nitrogens with zero attached hydrogens (tertiary/aromatic N) is 3. The standard InChI is InChI=1S/C24H28ClF2N5O2S/c1-32(2)23-17-5-3-4-6-21(17)30-24(31-23)28-13-15-7-9-16(10-8-15)14-29-35(33,34)22-12-20(27)19(26)11-18(22)25/h3-6,11-12,15-16,29H,7-10,13-14H2,1-2H3,(H,28,30,31). The van der Waals surface area contributed by atoms with Crippen LogP contribution in [0.1, 0.15) is 25.7 Å². The highest BCUT2D eigenvalue weighted by Crippen LogP contribution is 2.30. The van der Waals surface area contributed by atoms with Crippen LogP contribution in [-0.4, -0.2) is 45.6 Å². The number of halogens is 3. The van der Waals surface area contributed by atoms with Crippen LogP contribution in [0.5, 0.6) is 0 Å². The van der Waals surface area contributed by atoms with Crippen molar-refractivity contribution >= 4 is 44.3 Å². The molecule has 2 N–H and O–H groups in total. The Morgan fingerprint density at radius 1 is 1.00 bits per heavy atom. The van der Waals surface area contributed by atoms with Crippen molar-refractivity contribution in [3.63, 3.8) is 0 Å². The minimum Gasteiger partial charge on any atom is -0.362 e. The second kappa shape index (κ2) is 10.6. The molecule has 0 radical (unpaired) electrons. The Bertz CT molecular complexity index is 1310. The summed E-state index contributed by atoms with van der Waals surface area (Å²) in [5.74, 6) is -0.423. The summed E-state index contributed by atoms with van der Waals surface area (Å²) in [4.78, 5) is 10.8. The van der Waals surface area contributed by atoms with Gasteiger partial charge in [-0.25, -0.2) is 26.9 Å². The summed E-state index contributed by atoms with van der Waals surface area (Å²) in [5.41, 5.74) is 0.880. The fraction of sp³-hybridized carbons (Fsp3) is 0.417. The van der Waals surface area contributed by atoms with Crippen LogP contribution in [-0.2, 0) is 10.0 Å². The number of hydrogen-bond donors (Lipinski definition) is 2. The molecule has 0 spiro atoms. The SMILES string of the molecule is CN(C)c1nc(NCC2CCC(CNS(=O)(=O)c3cc(F)c(F)cc3Cl)CC2)nc2ccccc12.